The molecule has 0 bridgehead atoms. The fourth-order valence-corrected chi connectivity index (χ4v) is 5.50. The second kappa shape index (κ2) is 15.2. The molecule has 2 saturated heterocycles. The summed E-state index contributed by atoms with van der Waals surface area (Å²) < 4.78 is 5.24. The Kier molecular flexibility index (Phi) is 12.1. The van der Waals surface area contributed by atoms with Gasteiger partial charge in [0.1, 0.15) is 5.75 Å². The van der Waals surface area contributed by atoms with E-state index >= 15 is 0 Å². The van der Waals surface area contributed by atoms with Gasteiger partial charge in [0.15, 0.2) is 0 Å². The zero-order valence-electron chi connectivity index (χ0n) is 23.1. The predicted molar refractivity (Wildman–Crippen MR) is 165 cm³/mol. The van der Waals surface area contributed by atoms with Gasteiger partial charge in [0.25, 0.3) is 11.8 Å². The Labute approximate surface area is 249 Å². The first kappa shape index (κ1) is 31.7. The van der Waals surface area contributed by atoms with Gasteiger partial charge in [0.2, 0.25) is 0 Å². The Morgan fingerprint density at radius 2 is 1.55 bits per heavy atom. The predicted octanol–water partition coefficient (Wildman–Crippen LogP) is 4.91. The molecule has 7 nitrogen and oxygen atoms in total. The van der Waals surface area contributed by atoms with Gasteiger partial charge in [0.05, 0.1) is 7.11 Å². The molecule has 0 atom stereocenters. The minimum absolute atomic E-state index is 0. The Balaban J connectivity index is 0.00000220. The van der Waals surface area contributed by atoms with E-state index in [1.807, 2.05) is 36.4 Å². The molecule has 0 unspecified atom stereocenters. The number of piperidine rings is 1. The van der Waals surface area contributed by atoms with E-state index in [0.717, 1.165) is 62.9 Å². The van der Waals surface area contributed by atoms with Gasteiger partial charge in [0, 0.05) is 49.9 Å². The molecular weight excluding hydrogens is 547 g/mol. The van der Waals surface area contributed by atoms with E-state index in [-0.39, 0.29) is 42.7 Å². The average molecular weight is 588 g/mol. The van der Waals surface area contributed by atoms with Crippen LogP contribution in [0.25, 0.3) is 10.8 Å². The second-order valence-corrected chi connectivity index (χ2v) is 10.5. The number of carbonyl (C=O) groups is 2. The van der Waals surface area contributed by atoms with Gasteiger partial charge >= 0.3 is 0 Å². The van der Waals surface area contributed by atoms with E-state index in [0.29, 0.717) is 23.4 Å². The van der Waals surface area contributed by atoms with Crippen LogP contribution in [-0.2, 0) is 6.54 Å². The highest BCUT2D eigenvalue weighted by Gasteiger charge is 2.21. The van der Waals surface area contributed by atoms with Crippen molar-refractivity contribution in [2.45, 2.75) is 38.3 Å². The molecule has 0 aromatic heterocycles. The zero-order valence-corrected chi connectivity index (χ0v) is 24.7. The van der Waals surface area contributed by atoms with E-state index in [1.165, 1.54) is 18.4 Å². The molecule has 2 aliphatic heterocycles. The molecule has 2 amide bonds. The fourth-order valence-electron chi connectivity index (χ4n) is 5.50. The summed E-state index contributed by atoms with van der Waals surface area (Å²) in [5.41, 5.74) is 2.58. The lowest BCUT2D eigenvalue weighted by Gasteiger charge is -2.32. The van der Waals surface area contributed by atoms with Crippen LogP contribution in [0.2, 0.25) is 0 Å². The molecular formula is C31H40Cl2N4O3. The van der Waals surface area contributed by atoms with E-state index in [4.69, 9.17) is 4.74 Å². The average Bonchev–Trinajstić information content (AvgIpc) is 3.47. The van der Waals surface area contributed by atoms with Crippen molar-refractivity contribution in [1.29, 1.82) is 0 Å². The zero-order chi connectivity index (χ0) is 26.3. The van der Waals surface area contributed by atoms with Gasteiger partial charge in [-0.3, -0.25) is 14.5 Å². The second-order valence-electron chi connectivity index (χ2n) is 10.5. The lowest BCUT2D eigenvalue weighted by molar-refractivity contribution is 0.0907. The molecule has 2 N–H and O–H groups in total. The molecule has 3 aromatic rings. The fraction of sp³-hybridized carbons (Fsp3) is 0.419. The summed E-state index contributed by atoms with van der Waals surface area (Å²) in [5, 5.41) is 8.49. The summed E-state index contributed by atoms with van der Waals surface area (Å²) in [7, 11) is 1.61. The van der Waals surface area contributed by atoms with Gasteiger partial charge in [-0.2, -0.15) is 0 Å². The number of nitrogens with one attached hydrogen (secondary N) is 2. The maximum atomic E-state index is 12.7. The van der Waals surface area contributed by atoms with Crippen LogP contribution in [0.1, 0.15) is 52.0 Å². The molecule has 216 valence electrons. The van der Waals surface area contributed by atoms with E-state index < -0.39 is 0 Å². The molecule has 2 heterocycles. The van der Waals surface area contributed by atoms with Crippen LogP contribution in [0.5, 0.6) is 5.75 Å². The van der Waals surface area contributed by atoms with Gasteiger partial charge in [-0.15, -0.1) is 24.8 Å². The van der Waals surface area contributed by atoms with Crippen LogP contribution in [0, 0.1) is 0 Å². The lowest BCUT2D eigenvalue weighted by Crippen LogP contribution is -2.44. The number of rotatable bonds is 9. The highest BCUT2D eigenvalue weighted by Crippen LogP contribution is 2.21. The topological polar surface area (TPSA) is 73.9 Å². The first-order valence-electron chi connectivity index (χ1n) is 13.8. The van der Waals surface area contributed by atoms with Gasteiger partial charge in [-0.25, -0.2) is 0 Å². The summed E-state index contributed by atoms with van der Waals surface area (Å²) in [6.07, 6.45) is 4.37. The maximum absolute atomic E-state index is 12.7. The lowest BCUT2D eigenvalue weighted by atomic mass is 10.0. The molecule has 0 saturated carbocycles. The monoisotopic (exact) mass is 586 g/mol. The van der Waals surface area contributed by atoms with Crippen molar-refractivity contribution in [3.05, 3.63) is 77.4 Å². The van der Waals surface area contributed by atoms with Crippen molar-refractivity contribution in [2.75, 3.05) is 46.4 Å². The first-order valence-corrected chi connectivity index (χ1v) is 13.8. The summed E-state index contributed by atoms with van der Waals surface area (Å²) in [5.74, 6) is 0.635. The Morgan fingerprint density at radius 3 is 2.30 bits per heavy atom. The largest absolute Gasteiger partial charge is 0.497 e. The standard InChI is InChI=1S/C31H38N4O3.2ClH/c1-38-29-6-4-5-25(21-29)31(37)33-28-11-16-35(17-12-28)22-23-7-8-24-9-10-26(20-27(24)19-23)30(36)32-13-18-34-14-2-3-15-34;;/h4-10,19-21,28H,2-3,11-18,22H2,1H3,(H,32,36)(H,33,37);2*1H. The smallest absolute Gasteiger partial charge is 0.251 e. The number of methoxy groups -OCH3 is 1. The Hall–Kier alpha value is -2.84. The number of likely N-dealkylation sites (tertiary alicyclic amines) is 2. The minimum atomic E-state index is -0.0484. The van der Waals surface area contributed by atoms with E-state index in [1.54, 1.807) is 13.2 Å². The number of amides is 2. The maximum Gasteiger partial charge on any atom is 0.251 e. The van der Waals surface area contributed by atoms with Crippen LogP contribution in [-0.4, -0.2) is 74.0 Å². The third kappa shape index (κ3) is 8.33. The quantitative estimate of drug-likeness (QED) is 0.372. The third-order valence-corrected chi connectivity index (χ3v) is 7.74. The highest BCUT2D eigenvalue weighted by molar-refractivity contribution is 5.98. The molecule has 5 rings (SSSR count). The van der Waals surface area contributed by atoms with Crippen molar-refractivity contribution >= 4 is 47.4 Å². The Morgan fingerprint density at radius 1 is 0.825 bits per heavy atom. The van der Waals surface area contributed by atoms with Crippen molar-refractivity contribution in [2.24, 2.45) is 0 Å². The molecule has 0 spiro atoms. The third-order valence-electron chi connectivity index (χ3n) is 7.74. The van der Waals surface area contributed by atoms with E-state index in [9.17, 15) is 9.59 Å². The summed E-state index contributed by atoms with van der Waals surface area (Å²) in [6.45, 7) is 6.62. The molecule has 3 aromatic carbocycles. The number of hydrogen-bond donors (Lipinski definition) is 2. The van der Waals surface area contributed by atoms with E-state index in [2.05, 4.69) is 38.6 Å². The van der Waals surface area contributed by atoms with Crippen LogP contribution in [0.3, 0.4) is 0 Å². The summed E-state index contributed by atoms with van der Waals surface area (Å²) in [6, 6.07) is 19.9. The van der Waals surface area contributed by atoms with Crippen molar-refractivity contribution in [3.63, 3.8) is 0 Å². The number of carbonyl (C=O) groups excluding carboxylic acids is 2. The minimum Gasteiger partial charge on any atom is -0.497 e. The number of halogens is 2. The molecule has 0 aliphatic carbocycles. The molecule has 9 heteroatoms. The van der Waals surface area contributed by atoms with Crippen molar-refractivity contribution in [3.8, 4) is 5.75 Å². The Bertz CT molecular complexity index is 1270. The van der Waals surface area contributed by atoms with Gasteiger partial charge in [-0.05, 0) is 91.5 Å². The number of fused-ring (bicyclic) bond motifs is 1. The highest BCUT2D eigenvalue weighted by atomic mass is 35.5. The molecule has 2 fully saturated rings. The van der Waals surface area contributed by atoms with Crippen LogP contribution in [0.4, 0.5) is 0 Å². The van der Waals surface area contributed by atoms with Crippen LogP contribution >= 0.6 is 24.8 Å². The first-order chi connectivity index (χ1) is 18.6. The number of hydrogen-bond acceptors (Lipinski definition) is 5. The molecule has 0 radical (unpaired) electrons. The molecule has 2 aliphatic rings. The number of ether oxygens (including phenoxy) is 1. The van der Waals surface area contributed by atoms with Crippen molar-refractivity contribution < 1.29 is 14.3 Å². The van der Waals surface area contributed by atoms with Crippen LogP contribution in [0.15, 0.2) is 60.7 Å². The van der Waals surface area contributed by atoms with Gasteiger partial charge in [-0.1, -0.05) is 24.3 Å². The molecule has 40 heavy (non-hydrogen) atoms. The normalized spacial score (nSPS) is 16.1. The number of nitrogens with zero attached hydrogens (tertiary/aromatic N) is 2. The summed E-state index contributed by atoms with van der Waals surface area (Å²) in [4.78, 5) is 30.2. The van der Waals surface area contributed by atoms with Gasteiger partial charge < -0.3 is 20.3 Å². The van der Waals surface area contributed by atoms with Crippen LogP contribution < -0.4 is 15.4 Å². The number of benzene rings is 3. The summed E-state index contributed by atoms with van der Waals surface area (Å²) >= 11 is 0. The SMILES string of the molecule is COc1cccc(C(=O)NC2CCN(Cc3ccc4ccc(C(=O)NCCN5CCCC5)cc4c3)CC2)c1.Cl.Cl. The van der Waals surface area contributed by atoms with Crippen molar-refractivity contribution in [1.82, 2.24) is 20.4 Å².